The molecular weight excluding hydrogens is 174 g/mol. The third-order valence-electron chi connectivity index (χ3n) is 3.55. The first kappa shape index (κ1) is 11.7. The third-order valence-corrected chi connectivity index (χ3v) is 3.55. The summed E-state index contributed by atoms with van der Waals surface area (Å²) < 4.78 is 0. The molecule has 0 amide bonds. The van der Waals surface area contributed by atoms with E-state index in [1.807, 2.05) is 0 Å². The van der Waals surface area contributed by atoms with Gasteiger partial charge >= 0.3 is 0 Å². The van der Waals surface area contributed by atoms with Gasteiger partial charge in [0.05, 0.1) is 6.04 Å². The molecule has 2 unspecified atom stereocenters. The van der Waals surface area contributed by atoms with Gasteiger partial charge in [-0.2, -0.15) is 0 Å². The minimum absolute atomic E-state index is 0.196. The first-order valence-corrected chi connectivity index (χ1v) is 5.78. The zero-order chi connectivity index (χ0) is 10.7. The number of likely N-dealkylation sites (N-methyl/N-ethyl adjacent to an activating group) is 1. The van der Waals surface area contributed by atoms with E-state index in [2.05, 4.69) is 32.7 Å². The summed E-state index contributed by atoms with van der Waals surface area (Å²) in [7, 11) is 2.08. The monoisotopic (exact) mass is 197 g/mol. The van der Waals surface area contributed by atoms with E-state index in [1.165, 1.54) is 12.8 Å². The van der Waals surface area contributed by atoms with Crippen molar-refractivity contribution in [3.63, 3.8) is 0 Å². The van der Waals surface area contributed by atoms with Gasteiger partial charge in [-0.3, -0.25) is 9.69 Å². The summed E-state index contributed by atoms with van der Waals surface area (Å²) in [5.41, 5.74) is 0. The highest BCUT2D eigenvalue weighted by Crippen LogP contribution is 2.21. The van der Waals surface area contributed by atoms with Crippen LogP contribution in [0, 0.1) is 11.8 Å². The maximum Gasteiger partial charge on any atom is 0.152 e. The fraction of sp³-hybridized carbons (Fsp3) is 0.917. The summed E-state index contributed by atoms with van der Waals surface area (Å²) in [6, 6.07) is 0.196. The van der Waals surface area contributed by atoms with E-state index in [1.54, 1.807) is 0 Å². The molecular formula is C12H23NO. The highest BCUT2D eigenvalue weighted by atomic mass is 16.1. The second-order valence-corrected chi connectivity index (χ2v) is 4.93. The predicted molar refractivity (Wildman–Crippen MR) is 59.3 cm³/mol. The van der Waals surface area contributed by atoms with Gasteiger partial charge < -0.3 is 0 Å². The van der Waals surface area contributed by atoms with E-state index >= 15 is 0 Å². The Morgan fingerprint density at radius 2 is 1.93 bits per heavy atom. The van der Waals surface area contributed by atoms with E-state index < -0.39 is 0 Å². The quantitative estimate of drug-likeness (QED) is 0.692. The lowest BCUT2D eigenvalue weighted by Gasteiger charge is -2.33. The molecule has 0 aliphatic carbocycles. The average molecular weight is 197 g/mol. The van der Waals surface area contributed by atoms with Crippen molar-refractivity contribution in [2.24, 2.45) is 11.8 Å². The highest BCUT2D eigenvalue weighted by Gasteiger charge is 2.30. The van der Waals surface area contributed by atoms with Gasteiger partial charge in [0.2, 0.25) is 0 Å². The first-order valence-electron chi connectivity index (χ1n) is 5.78. The normalized spacial score (nSPS) is 26.5. The standard InChI is InChI=1S/C12H23NO/c1-9(2)10(3)12(14)11-7-5-6-8-13(11)4/h9-11H,5-8H2,1-4H3. The minimum Gasteiger partial charge on any atom is -0.298 e. The SMILES string of the molecule is CC(C)C(C)C(=O)C1CCCCN1C. The van der Waals surface area contributed by atoms with Crippen LogP contribution in [0.1, 0.15) is 40.0 Å². The second kappa shape index (κ2) is 4.92. The molecule has 0 aromatic heterocycles. The average Bonchev–Trinajstić information content (AvgIpc) is 2.16. The van der Waals surface area contributed by atoms with Crippen LogP contribution in [-0.4, -0.2) is 30.3 Å². The zero-order valence-corrected chi connectivity index (χ0v) is 9.92. The number of nitrogens with zero attached hydrogens (tertiary/aromatic N) is 1. The lowest BCUT2D eigenvalue weighted by atomic mass is 9.86. The Labute approximate surface area is 87.7 Å². The molecule has 0 spiro atoms. The molecule has 2 atom stereocenters. The molecule has 14 heavy (non-hydrogen) atoms. The summed E-state index contributed by atoms with van der Waals surface area (Å²) in [5, 5.41) is 0. The van der Waals surface area contributed by atoms with Crippen LogP contribution in [0.25, 0.3) is 0 Å². The second-order valence-electron chi connectivity index (χ2n) is 4.93. The number of piperidine rings is 1. The molecule has 1 aliphatic rings. The van der Waals surface area contributed by atoms with Crippen LogP contribution < -0.4 is 0 Å². The smallest absolute Gasteiger partial charge is 0.152 e. The Kier molecular flexibility index (Phi) is 4.11. The van der Waals surface area contributed by atoms with Crippen LogP contribution in [0.5, 0.6) is 0 Å². The van der Waals surface area contributed by atoms with Crippen molar-refractivity contribution in [2.75, 3.05) is 13.6 Å². The zero-order valence-electron chi connectivity index (χ0n) is 9.92. The summed E-state index contributed by atoms with van der Waals surface area (Å²) >= 11 is 0. The Balaban J connectivity index is 2.58. The van der Waals surface area contributed by atoms with Crippen LogP contribution in [0.4, 0.5) is 0 Å². The predicted octanol–water partition coefficient (Wildman–Crippen LogP) is 2.33. The molecule has 1 saturated heterocycles. The van der Waals surface area contributed by atoms with Crippen molar-refractivity contribution in [3.05, 3.63) is 0 Å². The van der Waals surface area contributed by atoms with Gasteiger partial charge in [0.25, 0.3) is 0 Å². The maximum absolute atomic E-state index is 12.1. The molecule has 0 radical (unpaired) electrons. The molecule has 1 rings (SSSR count). The Morgan fingerprint density at radius 3 is 2.43 bits per heavy atom. The highest BCUT2D eigenvalue weighted by molar-refractivity contribution is 5.86. The minimum atomic E-state index is 0.196. The van der Waals surface area contributed by atoms with Crippen molar-refractivity contribution in [1.82, 2.24) is 4.90 Å². The van der Waals surface area contributed by atoms with E-state index in [-0.39, 0.29) is 12.0 Å². The molecule has 1 heterocycles. The largest absolute Gasteiger partial charge is 0.298 e. The van der Waals surface area contributed by atoms with Gasteiger partial charge in [0.1, 0.15) is 0 Å². The van der Waals surface area contributed by atoms with E-state index in [9.17, 15) is 4.79 Å². The van der Waals surface area contributed by atoms with Crippen molar-refractivity contribution in [2.45, 2.75) is 46.1 Å². The van der Waals surface area contributed by atoms with Gasteiger partial charge in [-0.15, -0.1) is 0 Å². The summed E-state index contributed by atoms with van der Waals surface area (Å²) in [6.45, 7) is 7.41. The number of Topliss-reactive ketones (excluding diaryl/α,β-unsaturated/α-hetero) is 1. The van der Waals surface area contributed by atoms with Gasteiger partial charge in [-0.1, -0.05) is 27.2 Å². The number of carbonyl (C=O) groups is 1. The Morgan fingerprint density at radius 1 is 1.29 bits per heavy atom. The van der Waals surface area contributed by atoms with Crippen LogP contribution in [-0.2, 0) is 4.79 Å². The molecule has 1 aliphatic heterocycles. The van der Waals surface area contributed by atoms with Gasteiger partial charge in [-0.05, 0) is 32.4 Å². The van der Waals surface area contributed by atoms with Crippen LogP contribution in [0.2, 0.25) is 0 Å². The van der Waals surface area contributed by atoms with Crippen LogP contribution >= 0.6 is 0 Å². The lowest BCUT2D eigenvalue weighted by Crippen LogP contribution is -2.44. The molecule has 0 saturated carbocycles. The molecule has 2 heteroatoms. The van der Waals surface area contributed by atoms with Crippen LogP contribution in [0.15, 0.2) is 0 Å². The Hall–Kier alpha value is -0.370. The number of hydrogen-bond donors (Lipinski definition) is 0. The number of ketones is 1. The summed E-state index contributed by atoms with van der Waals surface area (Å²) in [4.78, 5) is 14.3. The van der Waals surface area contributed by atoms with Crippen LogP contribution in [0.3, 0.4) is 0 Å². The number of likely N-dealkylation sites (tertiary alicyclic amines) is 1. The van der Waals surface area contributed by atoms with E-state index in [4.69, 9.17) is 0 Å². The van der Waals surface area contributed by atoms with Gasteiger partial charge in [0, 0.05) is 5.92 Å². The Bertz CT molecular complexity index is 200. The van der Waals surface area contributed by atoms with E-state index in [0.717, 1.165) is 13.0 Å². The molecule has 2 nitrogen and oxygen atoms in total. The molecule has 1 fully saturated rings. The lowest BCUT2D eigenvalue weighted by molar-refractivity contribution is -0.129. The fourth-order valence-electron chi connectivity index (χ4n) is 2.07. The molecule has 82 valence electrons. The summed E-state index contributed by atoms with van der Waals surface area (Å²) in [6.07, 6.45) is 3.52. The number of rotatable bonds is 3. The molecule has 0 bridgehead atoms. The maximum atomic E-state index is 12.1. The van der Waals surface area contributed by atoms with Crippen molar-refractivity contribution in [3.8, 4) is 0 Å². The van der Waals surface area contributed by atoms with Gasteiger partial charge in [-0.25, -0.2) is 0 Å². The number of carbonyl (C=O) groups excluding carboxylic acids is 1. The van der Waals surface area contributed by atoms with Crippen molar-refractivity contribution >= 4 is 5.78 Å². The fourth-order valence-corrected chi connectivity index (χ4v) is 2.07. The topological polar surface area (TPSA) is 20.3 Å². The van der Waals surface area contributed by atoms with Crippen molar-refractivity contribution < 1.29 is 4.79 Å². The molecule has 0 aromatic rings. The van der Waals surface area contributed by atoms with Crippen molar-refractivity contribution in [1.29, 1.82) is 0 Å². The van der Waals surface area contributed by atoms with E-state index in [0.29, 0.717) is 11.7 Å². The third kappa shape index (κ3) is 2.57. The number of hydrogen-bond acceptors (Lipinski definition) is 2. The molecule has 0 N–H and O–H groups in total. The molecule has 0 aromatic carbocycles. The van der Waals surface area contributed by atoms with Gasteiger partial charge in [0.15, 0.2) is 5.78 Å². The first-order chi connectivity index (χ1) is 6.54. The summed E-state index contributed by atoms with van der Waals surface area (Å²) in [5.74, 6) is 1.13.